The van der Waals surface area contributed by atoms with Gasteiger partial charge in [-0.25, -0.2) is 0 Å². The van der Waals surface area contributed by atoms with Gasteiger partial charge in [0.25, 0.3) is 0 Å². The topological polar surface area (TPSA) is 17.1 Å². The standard InChI is InChI=1S/C12H16O.CH4/c1-10-5-7-12(8-6-10)11(2)4-3-9-13;/h5-9,11H,3-4H2,1-2H3;1H4/t11-;/m0./s1. The monoisotopic (exact) mass is 192 g/mol. The van der Waals surface area contributed by atoms with E-state index in [0.29, 0.717) is 12.3 Å². The molecule has 1 atom stereocenters. The molecule has 0 bridgehead atoms. The molecular weight excluding hydrogens is 172 g/mol. The summed E-state index contributed by atoms with van der Waals surface area (Å²) in [5.74, 6) is 0.491. The molecule has 0 aliphatic carbocycles. The Bertz CT molecular complexity index is 261. The van der Waals surface area contributed by atoms with Gasteiger partial charge in [0.15, 0.2) is 0 Å². The molecule has 0 heterocycles. The van der Waals surface area contributed by atoms with Crippen molar-refractivity contribution in [2.45, 2.75) is 40.0 Å². The Labute approximate surface area is 87.2 Å². The van der Waals surface area contributed by atoms with E-state index in [0.717, 1.165) is 12.7 Å². The quantitative estimate of drug-likeness (QED) is 0.664. The second kappa shape index (κ2) is 6.36. The van der Waals surface area contributed by atoms with Crippen LogP contribution in [0, 0.1) is 6.92 Å². The molecule has 0 aliphatic rings. The highest BCUT2D eigenvalue weighted by atomic mass is 16.1. The van der Waals surface area contributed by atoms with Crippen molar-refractivity contribution in [3.8, 4) is 0 Å². The van der Waals surface area contributed by atoms with E-state index in [9.17, 15) is 4.79 Å². The third-order valence-corrected chi connectivity index (χ3v) is 2.36. The van der Waals surface area contributed by atoms with Crippen LogP contribution in [0.5, 0.6) is 0 Å². The summed E-state index contributed by atoms with van der Waals surface area (Å²) in [6.07, 6.45) is 2.60. The summed E-state index contributed by atoms with van der Waals surface area (Å²) in [4.78, 5) is 10.2. The molecule has 0 amide bonds. The molecule has 1 aromatic carbocycles. The normalized spacial score (nSPS) is 11.6. The molecule has 0 aromatic heterocycles. The molecule has 0 spiro atoms. The summed E-state index contributed by atoms with van der Waals surface area (Å²) in [6.45, 7) is 4.24. The maximum Gasteiger partial charge on any atom is 0.120 e. The minimum atomic E-state index is 0. The Morgan fingerprint density at radius 2 is 1.86 bits per heavy atom. The SMILES string of the molecule is C.Cc1ccc([C@@H](C)CCC=O)cc1. The van der Waals surface area contributed by atoms with Crippen LogP contribution in [0.2, 0.25) is 0 Å². The van der Waals surface area contributed by atoms with Crippen molar-refractivity contribution >= 4 is 6.29 Å². The zero-order valence-electron chi connectivity index (χ0n) is 8.29. The molecule has 0 fully saturated rings. The number of carbonyl (C=O) groups is 1. The second-order valence-corrected chi connectivity index (χ2v) is 3.56. The number of carbonyl (C=O) groups excluding carboxylic acids is 1. The number of aryl methyl sites for hydroxylation is 1. The van der Waals surface area contributed by atoms with Gasteiger partial charge in [-0.05, 0) is 24.8 Å². The summed E-state index contributed by atoms with van der Waals surface area (Å²) < 4.78 is 0. The van der Waals surface area contributed by atoms with Crippen molar-refractivity contribution in [2.24, 2.45) is 0 Å². The first-order valence-corrected chi connectivity index (χ1v) is 4.74. The van der Waals surface area contributed by atoms with E-state index >= 15 is 0 Å². The number of hydrogen-bond acceptors (Lipinski definition) is 1. The van der Waals surface area contributed by atoms with E-state index in [1.54, 1.807) is 0 Å². The fourth-order valence-corrected chi connectivity index (χ4v) is 1.38. The van der Waals surface area contributed by atoms with Crippen molar-refractivity contribution in [1.29, 1.82) is 0 Å². The first-order chi connectivity index (χ1) is 6.24. The number of benzene rings is 1. The highest BCUT2D eigenvalue weighted by Crippen LogP contribution is 2.19. The lowest BCUT2D eigenvalue weighted by molar-refractivity contribution is -0.108. The van der Waals surface area contributed by atoms with Gasteiger partial charge in [-0.3, -0.25) is 0 Å². The Morgan fingerprint density at radius 1 is 1.29 bits per heavy atom. The Kier molecular flexibility index (Phi) is 5.86. The molecule has 0 unspecified atom stereocenters. The molecule has 1 aromatic rings. The van der Waals surface area contributed by atoms with Crippen LogP contribution in [-0.2, 0) is 4.79 Å². The fraction of sp³-hybridized carbons (Fsp3) is 0.462. The molecule has 0 N–H and O–H groups in total. The molecule has 14 heavy (non-hydrogen) atoms. The van der Waals surface area contributed by atoms with Crippen LogP contribution in [-0.4, -0.2) is 6.29 Å². The Morgan fingerprint density at radius 3 is 2.36 bits per heavy atom. The van der Waals surface area contributed by atoms with Gasteiger partial charge in [0.1, 0.15) is 6.29 Å². The summed E-state index contributed by atoms with van der Waals surface area (Å²) in [5.41, 5.74) is 2.61. The molecule has 0 saturated heterocycles. The second-order valence-electron chi connectivity index (χ2n) is 3.56. The average molecular weight is 192 g/mol. The van der Waals surface area contributed by atoms with E-state index in [2.05, 4.69) is 38.1 Å². The van der Waals surface area contributed by atoms with Crippen molar-refractivity contribution < 1.29 is 4.79 Å². The Balaban J connectivity index is 0.00000169. The highest BCUT2D eigenvalue weighted by Gasteiger charge is 2.03. The smallest absolute Gasteiger partial charge is 0.120 e. The molecular formula is C13H20O. The fourth-order valence-electron chi connectivity index (χ4n) is 1.38. The molecule has 0 radical (unpaired) electrons. The highest BCUT2D eigenvalue weighted by molar-refractivity contribution is 5.49. The lowest BCUT2D eigenvalue weighted by Crippen LogP contribution is -1.93. The minimum Gasteiger partial charge on any atom is -0.303 e. The van der Waals surface area contributed by atoms with Gasteiger partial charge in [0, 0.05) is 6.42 Å². The van der Waals surface area contributed by atoms with Crippen LogP contribution in [0.15, 0.2) is 24.3 Å². The van der Waals surface area contributed by atoms with E-state index < -0.39 is 0 Å². The van der Waals surface area contributed by atoms with Gasteiger partial charge in [0.05, 0.1) is 0 Å². The summed E-state index contributed by atoms with van der Waals surface area (Å²) in [5, 5.41) is 0. The van der Waals surface area contributed by atoms with Crippen LogP contribution < -0.4 is 0 Å². The lowest BCUT2D eigenvalue weighted by atomic mass is 9.96. The summed E-state index contributed by atoms with van der Waals surface area (Å²) >= 11 is 0. The molecule has 1 nitrogen and oxygen atoms in total. The average Bonchev–Trinajstić information content (AvgIpc) is 2.15. The van der Waals surface area contributed by atoms with Gasteiger partial charge in [-0.1, -0.05) is 44.2 Å². The maximum absolute atomic E-state index is 10.2. The third-order valence-electron chi connectivity index (χ3n) is 2.36. The minimum absolute atomic E-state index is 0. The van der Waals surface area contributed by atoms with Crippen molar-refractivity contribution in [3.05, 3.63) is 35.4 Å². The number of aldehydes is 1. The van der Waals surface area contributed by atoms with Crippen LogP contribution in [0.25, 0.3) is 0 Å². The predicted octanol–water partition coefficient (Wildman–Crippen LogP) is 3.71. The van der Waals surface area contributed by atoms with E-state index in [1.807, 2.05) is 0 Å². The van der Waals surface area contributed by atoms with E-state index in [-0.39, 0.29) is 7.43 Å². The van der Waals surface area contributed by atoms with Gasteiger partial charge in [-0.15, -0.1) is 0 Å². The zero-order chi connectivity index (χ0) is 9.68. The van der Waals surface area contributed by atoms with Crippen LogP contribution >= 0.6 is 0 Å². The van der Waals surface area contributed by atoms with Crippen molar-refractivity contribution in [3.63, 3.8) is 0 Å². The number of hydrogen-bond donors (Lipinski definition) is 0. The molecule has 0 aliphatic heterocycles. The molecule has 78 valence electrons. The predicted molar refractivity (Wildman–Crippen MR) is 61.6 cm³/mol. The zero-order valence-corrected chi connectivity index (χ0v) is 8.29. The van der Waals surface area contributed by atoms with Crippen molar-refractivity contribution in [2.75, 3.05) is 0 Å². The number of rotatable bonds is 4. The molecule has 1 rings (SSSR count). The molecule has 1 heteroatoms. The van der Waals surface area contributed by atoms with Gasteiger partial charge >= 0.3 is 0 Å². The van der Waals surface area contributed by atoms with Gasteiger partial charge in [0.2, 0.25) is 0 Å². The van der Waals surface area contributed by atoms with E-state index in [1.165, 1.54) is 11.1 Å². The lowest BCUT2D eigenvalue weighted by Gasteiger charge is -2.09. The van der Waals surface area contributed by atoms with Crippen LogP contribution in [0.4, 0.5) is 0 Å². The van der Waals surface area contributed by atoms with Crippen LogP contribution in [0.3, 0.4) is 0 Å². The first kappa shape index (κ1) is 12.9. The van der Waals surface area contributed by atoms with E-state index in [4.69, 9.17) is 0 Å². The summed E-state index contributed by atoms with van der Waals surface area (Å²) in [7, 11) is 0. The third kappa shape index (κ3) is 3.73. The largest absolute Gasteiger partial charge is 0.303 e. The molecule has 0 saturated carbocycles. The Hall–Kier alpha value is -1.11. The van der Waals surface area contributed by atoms with Crippen molar-refractivity contribution in [1.82, 2.24) is 0 Å². The van der Waals surface area contributed by atoms with Gasteiger partial charge < -0.3 is 4.79 Å². The first-order valence-electron chi connectivity index (χ1n) is 4.74. The summed E-state index contributed by atoms with van der Waals surface area (Å²) in [6, 6.07) is 8.52. The van der Waals surface area contributed by atoms with Crippen LogP contribution in [0.1, 0.15) is 44.2 Å². The van der Waals surface area contributed by atoms with Gasteiger partial charge in [-0.2, -0.15) is 0 Å². The maximum atomic E-state index is 10.2.